The predicted molar refractivity (Wildman–Crippen MR) is 133 cm³/mol. The third kappa shape index (κ3) is 4.67. The van der Waals surface area contributed by atoms with E-state index in [2.05, 4.69) is 44.3 Å². The van der Waals surface area contributed by atoms with Crippen LogP contribution in [0.2, 0.25) is 0 Å². The smallest absolute Gasteiger partial charge is 0.233 e. The van der Waals surface area contributed by atoms with Crippen LogP contribution in [0, 0.1) is 12.8 Å². The number of nitrogens with zero attached hydrogens (tertiary/aromatic N) is 1. The van der Waals surface area contributed by atoms with Crippen LogP contribution < -0.4 is 10.5 Å². The molecule has 0 bridgehead atoms. The summed E-state index contributed by atoms with van der Waals surface area (Å²) >= 11 is 0. The highest BCUT2D eigenvalue weighted by Crippen LogP contribution is 2.45. The number of aryl methyl sites for hydroxylation is 1. The van der Waals surface area contributed by atoms with Crippen LogP contribution in [-0.4, -0.2) is 43.7 Å². The largest absolute Gasteiger partial charge is 0.493 e. The van der Waals surface area contributed by atoms with Gasteiger partial charge in [0, 0.05) is 18.8 Å². The van der Waals surface area contributed by atoms with Crippen molar-refractivity contribution in [2.75, 3.05) is 33.3 Å². The summed E-state index contributed by atoms with van der Waals surface area (Å²) in [6, 6.07) is 28.3. The third-order valence-electron chi connectivity index (χ3n) is 7.33. The van der Waals surface area contributed by atoms with Crippen LogP contribution in [0.4, 0.5) is 0 Å². The lowest BCUT2D eigenvalue weighted by atomic mass is 9.64. The first-order valence-corrected chi connectivity index (χ1v) is 11.9. The zero-order valence-corrected chi connectivity index (χ0v) is 19.7. The number of quaternary nitrogens is 1. The van der Waals surface area contributed by atoms with E-state index in [1.54, 1.807) is 0 Å². The number of benzene rings is 3. The van der Waals surface area contributed by atoms with Crippen LogP contribution in [0.5, 0.6) is 5.75 Å². The van der Waals surface area contributed by atoms with Gasteiger partial charge in [-0.2, -0.15) is 0 Å². The van der Waals surface area contributed by atoms with Gasteiger partial charge in [-0.05, 0) is 29.7 Å². The number of amides is 1. The summed E-state index contributed by atoms with van der Waals surface area (Å²) in [6.07, 6.45) is 1.93. The van der Waals surface area contributed by atoms with Crippen molar-refractivity contribution < 1.29 is 14.0 Å². The molecule has 0 spiro atoms. The van der Waals surface area contributed by atoms with E-state index in [1.165, 1.54) is 0 Å². The molecule has 3 aromatic carbocycles. The van der Waals surface area contributed by atoms with E-state index in [0.717, 1.165) is 59.4 Å². The van der Waals surface area contributed by atoms with Gasteiger partial charge in [0.05, 0.1) is 33.3 Å². The molecule has 0 aromatic heterocycles. The minimum absolute atomic E-state index is 0.141. The molecule has 1 saturated heterocycles. The number of carbonyl (C=O) groups excluding carboxylic acids is 1. The van der Waals surface area contributed by atoms with Gasteiger partial charge in [0.25, 0.3) is 0 Å². The minimum Gasteiger partial charge on any atom is -0.493 e. The molecule has 2 atom stereocenters. The normalized spacial score (nSPS) is 20.5. The van der Waals surface area contributed by atoms with Crippen molar-refractivity contribution in [3.05, 3.63) is 102 Å². The van der Waals surface area contributed by atoms with Crippen molar-refractivity contribution in [2.24, 2.45) is 11.7 Å². The van der Waals surface area contributed by atoms with Crippen molar-refractivity contribution in [3.63, 3.8) is 0 Å². The monoisotopic (exact) mass is 443 g/mol. The Hall–Kier alpha value is -3.11. The fraction of sp³-hybridized carbons (Fsp3) is 0.345. The highest BCUT2D eigenvalue weighted by molar-refractivity contribution is 5.91. The second-order valence-corrected chi connectivity index (χ2v) is 9.61. The van der Waals surface area contributed by atoms with Gasteiger partial charge in [0.2, 0.25) is 5.91 Å². The number of hydrogen-bond donors (Lipinski definition) is 1. The second kappa shape index (κ2) is 9.80. The molecule has 0 saturated carbocycles. The summed E-state index contributed by atoms with van der Waals surface area (Å²) in [5.41, 5.74) is 8.56. The molecule has 1 heterocycles. The Kier molecular flexibility index (Phi) is 6.85. The van der Waals surface area contributed by atoms with Crippen LogP contribution in [0.1, 0.15) is 29.5 Å². The molecule has 4 nitrogen and oxygen atoms in total. The zero-order valence-electron chi connectivity index (χ0n) is 19.7. The number of rotatable bonds is 9. The number of para-hydroxylation sites is 1. The van der Waals surface area contributed by atoms with Gasteiger partial charge in [-0.25, -0.2) is 0 Å². The standard InChI is InChI=1S/C29H34N2O2/c1-23-12-9-10-17-27(23)33-21-11-19-31(2)20-18-26(22-31)29(28(30)32,24-13-5-3-6-14-24)25-15-7-4-8-16-25/h3-10,12-17,26H,11,18-22H2,1-2H3,(H-,30,32)/p+1/t26-,31?/m1/s1. The molecular formula is C29H35N2O2+. The molecule has 3 aromatic rings. The molecule has 1 unspecified atom stereocenters. The lowest BCUT2D eigenvalue weighted by molar-refractivity contribution is -0.899. The number of nitrogens with two attached hydrogens (primary N) is 1. The molecule has 4 heteroatoms. The second-order valence-electron chi connectivity index (χ2n) is 9.61. The zero-order chi connectivity index (χ0) is 23.3. The Balaban J connectivity index is 1.53. The fourth-order valence-electron chi connectivity index (χ4n) is 5.61. The molecule has 2 N–H and O–H groups in total. The first kappa shape index (κ1) is 23.1. The SMILES string of the molecule is Cc1ccccc1OCCC[N+]1(C)CC[C@@H](C(C(N)=O)(c2ccccc2)c2ccccc2)C1. The van der Waals surface area contributed by atoms with Crippen LogP contribution in [-0.2, 0) is 10.2 Å². The van der Waals surface area contributed by atoms with Gasteiger partial charge in [0.15, 0.2) is 0 Å². The number of ether oxygens (including phenoxy) is 1. The predicted octanol–water partition coefficient (Wildman–Crippen LogP) is 4.70. The first-order chi connectivity index (χ1) is 16.0. The molecule has 1 aliphatic heterocycles. The number of hydrogen-bond acceptors (Lipinski definition) is 2. The number of carbonyl (C=O) groups is 1. The lowest BCUT2D eigenvalue weighted by Crippen LogP contribution is -2.51. The van der Waals surface area contributed by atoms with Gasteiger partial charge < -0.3 is 15.0 Å². The molecule has 172 valence electrons. The fourth-order valence-corrected chi connectivity index (χ4v) is 5.61. The lowest BCUT2D eigenvalue weighted by Gasteiger charge is -2.38. The summed E-state index contributed by atoms with van der Waals surface area (Å²) in [6.45, 7) is 5.73. The van der Waals surface area contributed by atoms with Crippen LogP contribution in [0.3, 0.4) is 0 Å². The third-order valence-corrected chi connectivity index (χ3v) is 7.33. The average molecular weight is 444 g/mol. The topological polar surface area (TPSA) is 52.3 Å². The molecule has 33 heavy (non-hydrogen) atoms. The molecule has 1 amide bonds. The molecule has 1 fully saturated rings. The van der Waals surface area contributed by atoms with E-state index in [9.17, 15) is 4.79 Å². The maximum atomic E-state index is 13.3. The highest BCUT2D eigenvalue weighted by Gasteiger charge is 2.53. The van der Waals surface area contributed by atoms with Crippen molar-refractivity contribution in [2.45, 2.75) is 25.2 Å². The maximum Gasteiger partial charge on any atom is 0.233 e. The van der Waals surface area contributed by atoms with Crippen molar-refractivity contribution in [1.29, 1.82) is 0 Å². The molecular weight excluding hydrogens is 408 g/mol. The summed E-state index contributed by atoms with van der Waals surface area (Å²) < 4.78 is 6.96. The van der Waals surface area contributed by atoms with Crippen molar-refractivity contribution >= 4 is 5.91 Å². The number of primary amides is 1. The van der Waals surface area contributed by atoms with E-state index in [1.807, 2.05) is 54.6 Å². The molecule has 0 aliphatic carbocycles. The molecule has 0 radical (unpaired) electrons. The van der Waals surface area contributed by atoms with E-state index in [0.29, 0.717) is 6.61 Å². The Labute approximate surface area is 197 Å². The van der Waals surface area contributed by atoms with Gasteiger partial charge >= 0.3 is 0 Å². The van der Waals surface area contributed by atoms with Gasteiger partial charge in [-0.3, -0.25) is 4.79 Å². The molecule has 1 aliphatic rings. The molecule has 4 rings (SSSR count). The Morgan fingerprint density at radius 2 is 1.55 bits per heavy atom. The van der Waals surface area contributed by atoms with Gasteiger partial charge in [-0.1, -0.05) is 78.9 Å². The van der Waals surface area contributed by atoms with Gasteiger partial charge in [-0.15, -0.1) is 0 Å². The van der Waals surface area contributed by atoms with E-state index >= 15 is 0 Å². The highest BCUT2D eigenvalue weighted by atomic mass is 16.5. The minimum atomic E-state index is -0.823. The van der Waals surface area contributed by atoms with E-state index in [4.69, 9.17) is 10.5 Å². The van der Waals surface area contributed by atoms with Gasteiger partial charge in [0.1, 0.15) is 11.2 Å². The number of likely N-dealkylation sites (tertiary alicyclic amines) is 1. The Bertz CT molecular complexity index is 1030. The van der Waals surface area contributed by atoms with E-state index in [-0.39, 0.29) is 11.8 Å². The van der Waals surface area contributed by atoms with Crippen LogP contribution in [0.15, 0.2) is 84.9 Å². The summed E-state index contributed by atoms with van der Waals surface area (Å²) in [7, 11) is 2.30. The maximum absolute atomic E-state index is 13.3. The van der Waals surface area contributed by atoms with Crippen molar-refractivity contribution in [3.8, 4) is 5.75 Å². The summed E-state index contributed by atoms with van der Waals surface area (Å²) in [5, 5.41) is 0. The van der Waals surface area contributed by atoms with Crippen LogP contribution >= 0.6 is 0 Å². The van der Waals surface area contributed by atoms with Crippen LogP contribution in [0.25, 0.3) is 0 Å². The summed E-state index contributed by atoms with van der Waals surface area (Å²) in [4.78, 5) is 13.3. The quantitative estimate of drug-likeness (QED) is 0.385. The average Bonchev–Trinajstić information content (AvgIpc) is 3.22. The van der Waals surface area contributed by atoms with E-state index < -0.39 is 5.41 Å². The summed E-state index contributed by atoms with van der Waals surface area (Å²) in [5.74, 6) is 0.837. The Morgan fingerprint density at radius 3 is 2.12 bits per heavy atom. The van der Waals surface area contributed by atoms with Crippen molar-refractivity contribution in [1.82, 2.24) is 0 Å². The first-order valence-electron chi connectivity index (χ1n) is 11.9. The Morgan fingerprint density at radius 1 is 0.970 bits per heavy atom.